The van der Waals surface area contributed by atoms with Gasteiger partial charge >= 0.3 is 12.1 Å². The number of hydrogen-bond acceptors (Lipinski definition) is 13. The van der Waals surface area contributed by atoms with E-state index in [-0.39, 0.29) is 83.6 Å². The third-order valence-corrected chi connectivity index (χ3v) is 11.2. The second kappa shape index (κ2) is 20.1. The highest BCUT2D eigenvalue weighted by molar-refractivity contribution is 6.07. The summed E-state index contributed by atoms with van der Waals surface area (Å²) >= 11 is 0. The summed E-state index contributed by atoms with van der Waals surface area (Å²) in [5.74, 6) is -1.70. The molecule has 65 heavy (non-hydrogen) atoms. The van der Waals surface area contributed by atoms with Crippen molar-refractivity contribution >= 4 is 58.6 Å². The van der Waals surface area contributed by atoms with Crippen LogP contribution in [0.2, 0.25) is 0 Å². The van der Waals surface area contributed by atoms with Crippen LogP contribution in [0.1, 0.15) is 86.9 Å². The van der Waals surface area contributed by atoms with Crippen molar-refractivity contribution in [3.8, 4) is 11.5 Å². The van der Waals surface area contributed by atoms with Crippen molar-refractivity contribution in [2.75, 3.05) is 61.4 Å². The van der Waals surface area contributed by atoms with Crippen LogP contribution in [-0.4, -0.2) is 118 Å². The van der Waals surface area contributed by atoms with Crippen molar-refractivity contribution in [3.63, 3.8) is 0 Å². The summed E-state index contributed by atoms with van der Waals surface area (Å²) in [7, 11) is 7.58. The first-order valence-corrected chi connectivity index (χ1v) is 21.2. The predicted octanol–water partition coefficient (Wildman–Crippen LogP) is 4.81. The topological polar surface area (TPSA) is 228 Å². The summed E-state index contributed by atoms with van der Waals surface area (Å²) in [5.41, 5.74) is 1.61. The molecule has 2 saturated heterocycles. The monoisotopic (exact) mass is 899 g/mol. The molecule has 5 amide bonds. The van der Waals surface area contributed by atoms with Gasteiger partial charge in [-0.3, -0.25) is 19.2 Å². The minimum Gasteiger partial charge on any atom is -0.493 e. The van der Waals surface area contributed by atoms with Crippen LogP contribution in [0.4, 0.5) is 27.7 Å². The number of aromatic nitrogens is 4. The van der Waals surface area contributed by atoms with Crippen molar-refractivity contribution in [1.29, 1.82) is 0 Å². The molecule has 0 aliphatic carbocycles. The molecule has 2 fully saturated rings. The van der Waals surface area contributed by atoms with Gasteiger partial charge in [-0.1, -0.05) is 12.7 Å². The Morgan fingerprint density at radius 3 is 2.35 bits per heavy atom. The molecule has 3 N–H and O–H groups in total. The second-order valence-corrected chi connectivity index (χ2v) is 15.7. The van der Waals surface area contributed by atoms with E-state index in [1.54, 1.807) is 50.6 Å². The number of nitrogens with zero attached hydrogens (tertiary/aromatic N) is 6. The molecule has 0 spiro atoms. The molecular weight excluding hydrogens is 847 g/mol. The van der Waals surface area contributed by atoms with Crippen molar-refractivity contribution in [2.45, 2.75) is 63.5 Å². The normalized spacial score (nSPS) is 17.9. The molecule has 3 aliphatic heterocycles. The third-order valence-electron chi connectivity index (χ3n) is 11.2. The SMILES string of the molecule is C=CCOC(=O)N1c2cc(OCCCC(=O)Nc3cc(C(=O)Nc4cn(C)c(C(=O)Nc5cc(C(=O)OC)n(C)c5)n4)n(C)c3)c(OC)cc2C(=O)N2CCC[C@H]2C1OC1CCCCO1. The van der Waals surface area contributed by atoms with Crippen LogP contribution >= 0.6 is 0 Å². The van der Waals surface area contributed by atoms with E-state index >= 15 is 0 Å². The van der Waals surface area contributed by atoms with Crippen LogP contribution in [-0.2, 0) is 44.9 Å². The van der Waals surface area contributed by atoms with Crippen LogP contribution in [0, 0.1) is 0 Å². The zero-order valence-electron chi connectivity index (χ0n) is 36.9. The van der Waals surface area contributed by atoms with Gasteiger partial charge in [0.2, 0.25) is 11.7 Å². The summed E-state index contributed by atoms with van der Waals surface area (Å²) < 4.78 is 39.0. The molecule has 21 heteroatoms. The number of rotatable bonds is 16. The van der Waals surface area contributed by atoms with E-state index in [4.69, 9.17) is 28.4 Å². The largest absolute Gasteiger partial charge is 0.493 e. The number of carbonyl (C=O) groups excluding carboxylic acids is 6. The lowest BCUT2D eigenvalue weighted by Crippen LogP contribution is -2.54. The quantitative estimate of drug-likeness (QED) is 0.0781. The Balaban J connectivity index is 0.976. The van der Waals surface area contributed by atoms with E-state index in [2.05, 4.69) is 27.5 Å². The maximum absolute atomic E-state index is 14.1. The standard InChI is InChI=1S/C44H53N9O12/c1-7-16-64-44(59)53-30-22-34(33(60-5)21-28(30)41(57)52-15-10-12-29(52)42(53)65-37-14-8-9-17-63-37)62-18-11-13-36(54)45-26-19-31(49(2)23-26)39(55)48-35-25-51(4)38(47-35)40(56)46-27-20-32(43(58)61-6)50(3)24-27/h7,19-25,29,37,42H,1,8-18H2,2-6H3,(H,45,54)(H,46,56)(H,48,55)/t29-,37?,42?/m0/s1. The molecule has 0 saturated carbocycles. The molecule has 3 aliphatic rings. The van der Waals surface area contributed by atoms with Crippen LogP contribution in [0.3, 0.4) is 0 Å². The van der Waals surface area contributed by atoms with Crippen molar-refractivity contribution in [2.24, 2.45) is 21.1 Å². The molecule has 2 unspecified atom stereocenters. The van der Waals surface area contributed by atoms with Gasteiger partial charge in [-0.05, 0) is 56.7 Å². The number of anilines is 4. The predicted molar refractivity (Wildman–Crippen MR) is 234 cm³/mol. The zero-order chi connectivity index (χ0) is 46.4. The van der Waals surface area contributed by atoms with Crippen LogP contribution in [0.15, 0.2) is 55.5 Å². The smallest absolute Gasteiger partial charge is 0.416 e. The molecule has 346 valence electrons. The molecule has 4 aromatic rings. The summed E-state index contributed by atoms with van der Waals surface area (Å²) in [6.07, 6.45) is 7.95. The maximum Gasteiger partial charge on any atom is 0.416 e. The fourth-order valence-electron chi connectivity index (χ4n) is 8.07. The van der Waals surface area contributed by atoms with E-state index in [0.29, 0.717) is 37.4 Å². The number of hydrogen-bond donors (Lipinski definition) is 3. The van der Waals surface area contributed by atoms with Crippen molar-refractivity contribution in [3.05, 3.63) is 78.3 Å². The number of fused-ring (bicyclic) bond motifs is 2. The third kappa shape index (κ3) is 10.2. The minimum absolute atomic E-state index is 0.00180. The first-order valence-electron chi connectivity index (χ1n) is 21.2. The number of carbonyl (C=O) groups is 6. The highest BCUT2D eigenvalue weighted by Crippen LogP contribution is 2.42. The van der Waals surface area contributed by atoms with Crippen LogP contribution < -0.4 is 30.3 Å². The Labute approximate surface area is 374 Å². The number of ether oxygens (including phenoxy) is 6. The lowest BCUT2D eigenvalue weighted by molar-refractivity contribution is -0.195. The van der Waals surface area contributed by atoms with Gasteiger partial charge in [0.25, 0.3) is 17.7 Å². The van der Waals surface area contributed by atoms with Gasteiger partial charge < -0.3 is 63.0 Å². The van der Waals surface area contributed by atoms with Crippen LogP contribution in [0.25, 0.3) is 0 Å². The Morgan fingerprint density at radius 2 is 1.63 bits per heavy atom. The van der Waals surface area contributed by atoms with Crippen molar-refractivity contribution < 1.29 is 57.2 Å². The summed E-state index contributed by atoms with van der Waals surface area (Å²) in [6.45, 7) is 4.68. The highest BCUT2D eigenvalue weighted by atomic mass is 16.7. The summed E-state index contributed by atoms with van der Waals surface area (Å²) in [4.78, 5) is 86.7. The van der Waals surface area contributed by atoms with Crippen molar-refractivity contribution in [1.82, 2.24) is 23.6 Å². The Bertz CT molecular complexity index is 2470. The Kier molecular flexibility index (Phi) is 14.2. The summed E-state index contributed by atoms with van der Waals surface area (Å²) in [6, 6.07) is 5.63. The summed E-state index contributed by atoms with van der Waals surface area (Å²) in [5, 5.41) is 8.16. The van der Waals surface area contributed by atoms with Gasteiger partial charge in [0.05, 0.1) is 49.5 Å². The Hall–Kier alpha value is -7.13. The van der Waals surface area contributed by atoms with E-state index in [9.17, 15) is 28.8 Å². The van der Waals surface area contributed by atoms with E-state index in [1.165, 1.54) is 57.2 Å². The lowest BCUT2D eigenvalue weighted by Gasteiger charge is -2.38. The number of esters is 1. The van der Waals surface area contributed by atoms with Gasteiger partial charge in [-0.2, -0.15) is 0 Å². The zero-order valence-corrected chi connectivity index (χ0v) is 36.9. The van der Waals surface area contributed by atoms with E-state index in [1.807, 2.05) is 0 Å². The molecular formula is C44H53N9O12. The van der Waals surface area contributed by atoms with E-state index < -0.39 is 42.4 Å². The number of benzene rings is 1. The number of amides is 5. The first kappa shape index (κ1) is 45.9. The molecule has 3 aromatic heterocycles. The number of imidazole rings is 1. The van der Waals surface area contributed by atoms with Crippen LogP contribution in [0.5, 0.6) is 11.5 Å². The molecule has 1 aromatic carbocycles. The maximum atomic E-state index is 14.1. The van der Waals surface area contributed by atoms with Gasteiger partial charge in [0.1, 0.15) is 18.0 Å². The highest BCUT2D eigenvalue weighted by Gasteiger charge is 2.48. The molecule has 21 nitrogen and oxygen atoms in total. The number of aryl methyl sites for hydroxylation is 3. The molecule has 6 heterocycles. The fraction of sp³-hybridized carbons (Fsp3) is 0.432. The van der Waals surface area contributed by atoms with E-state index in [0.717, 1.165) is 19.3 Å². The molecule has 3 atom stereocenters. The molecule has 0 bridgehead atoms. The molecule has 7 rings (SSSR count). The van der Waals surface area contributed by atoms with Gasteiger partial charge in [-0.25, -0.2) is 19.5 Å². The average Bonchev–Trinajstić information content (AvgIpc) is 4.09. The Morgan fingerprint density at radius 1 is 0.877 bits per heavy atom. The minimum atomic E-state index is -0.912. The fourth-order valence-corrected chi connectivity index (χ4v) is 8.07. The first-order chi connectivity index (χ1) is 31.3. The molecule has 0 radical (unpaired) electrons. The second-order valence-electron chi connectivity index (χ2n) is 15.7. The average molecular weight is 900 g/mol. The number of nitrogens with one attached hydrogen (secondary N) is 3. The lowest BCUT2D eigenvalue weighted by atomic mass is 10.1. The van der Waals surface area contributed by atoms with Gasteiger partial charge in [-0.15, -0.1) is 0 Å². The number of methoxy groups -OCH3 is 2. The van der Waals surface area contributed by atoms with Gasteiger partial charge in [0.15, 0.2) is 29.8 Å². The van der Waals surface area contributed by atoms with Gasteiger partial charge in [0, 0.05) is 65.4 Å².